The van der Waals surface area contributed by atoms with E-state index >= 15 is 0 Å². The zero-order valence-corrected chi connectivity index (χ0v) is 9.62. The molecule has 2 aromatic rings. The first-order chi connectivity index (χ1) is 7.09. The van der Waals surface area contributed by atoms with E-state index in [0.29, 0.717) is 20.4 Å². The highest BCUT2D eigenvalue weighted by Gasteiger charge is 2.10. The van der Waals surface area contributed by atoms with Crippen LogP contribution in [0.4, 0.5) is 5.69 Å². The predicted molar refractivity (Wildman–Crippen MR) is 61.1 cm³/mol. The fourth-order valence-electron chi connectivity index (χ4n) is 1.23. The van der Waals surface area contributed by atoms with Crippen molar-refractivity contribution in [3.8, 4) is 0 Å². The number of pyridine rings is 1. The molecule has 1 aromatic carbocycles. The van der Waals surface area contributed by atoms with Gasteiger partial charge in [0.2, 0.25) is 0 Å². The Morgan fingerprint density at radius 3 is 2.87 bits per heavy atom. The van der Waals surface area contributed by atoms with E-state index in [9.17, 15) is 10.1 Å². The van der Waals surface area contributed by atoms with Crippen LogP contribution in [-0.4, -0.2) is 9.91 Å². The normalized spacial score (nSPS) is 10.5. The van der Waals surface area contributed by atoms with E-state index < -0.39 is 4.92 Å². The summed E-state index contributed by atoms with van der Waals surface area (Å²) in [5.41, 5.74) is 0.588. The van der Waals surface area contributed by atoms with E-state index in [2.05, 4.69) is 20.9 Å². The van der Waals surface area contributed by atoms with Gasteiger partial charge in [-0.05, 0) is 22.0 Å². The molecule has 0 radical (unpaired) electrons. The Hall–Kier alpha value is -1.20. The number of fused-ring (bicyclic) bond motifs is 1. The molecular weight excluding hydrogens is 283 g/mol. The molecule has 0 fully saturated rings. The lowest BCUT2D eigenvalue weighted by atomic mass is 10.2. The lowest BCUT2D eigenvalue weighted by Crippen LogP contribution is -1.90. The van der Waals surface area contributed by atoms with Crippen molar-refractivity contribution in [1.82, 2.24) is 4.98 Å². The number of hydrogen-bond donors (Lipinski definition) is 0. The maximum atomic E-state index is 10.5. The third-order valence-electron chi connectivity index (χ3n) is 1.94. The van der Waals surface area contributed by atoms with Crippen molar-refractivity contribution in [3.63, 3.8) is 0 Å². The summed E-state index contributed by atoms with van der Waals surface area (Å²) in [6, 6.07) is 4.82. The van der Waals surface area contributed by atoms with Crippen LogP contribution >= 0.6 is 27.5 Å². The van der Waals surface area contributed by atoms with Gasteiger partial charge in [-0.3, -0.25) is 10.1 Å². The Morgan fingerprint density at radius 1 is 1.47 bits per heavy atom. The first-order valence-corrected chi connectivity index (χ1v) is 5.15. The number of hydrogen-bond acceptors (Lipinski definition) is 3. The van der Waals surface area contributed by atoms with E-state index in [-0.39, 0.29) is 5.69 Å². The van der Waals surface area contributed by atoms with Crippen LogP contribution in [0.5, 0.6) is 0 Å². The van der Waals surface area contributed by atoms with Crippen molar-refractivity contribution in [3.05, 3.63) is 44.0 Å². The Balaban J connectivity index is 2.75. The Morgan fingerprint density at radius 2 is 2.20 bits per heavy atom. The summed E-state index contributed by atoms with van der Waals surface area (Å²) >= 11 is 9.15. The van der Waals surface area contributed by atoms with Crippen LogP contribution in [0.3, 0.4) is 0 Å². The van der Waals surface area contributed by atoms with Gasteiger partial charge in [0.05, 0.1) is 19.9 Å². The average molecular weight is 288 g/mol. The summed E-state index contributed by atoms with van der Waals surface area (Å²) in [5, 5.41) is 11.7. The molecule has 0 unspecified atom stereocenters. The first-order valence-electron chi connectivity index (χ1n) is 3.98. The SMILES string of the molecule is O=[N+]([O-])c1cnc2c(Br)c(Cl)ccc2c1. The Kier molecular flexibility index (Phi) is 2.58. The van der Waals surface area contributed by atoms with Crippen LogP contribution in [0.25, 0.3) is 10.9 Å². The Labute approximate surface area is 98.2 Å². The van der Waals surface area contributed by atoms with Crippen LogP contribution in [0.2, 0.25) is 5.02 Å². The molecule has 0 aliphatic heterocycles. The van der Waals surface area contributed by atoms with Gasteiger partial charge in [-0.15, -0.1) is 0 Å². The van der Waals surface area contributed by atoms with E-state index in [1.54, 1.807) is 12.1 Å². The molecule has 0 amide bonds. The number of nitro groups is 1. The van der Waals surface area contributed by atoms with Gasteiger partial charge in [-0.25, -0.2) is 4.98 Å². The van der Waals surface area contributed by atoms with E-state index in [1.807, 2.05) is 0 Å². The summed E-state index contributed by atoms with van der Waals surface area (Å²) in [7, 11) is 0. The molecule has 1 heterocycles. The van der Waals surface area contributed by atoms with Gasteiger partial charge in [0, 0.05) is 11.5 Å². The van der Waals surface area contributed by atoms with Crippen molar-refractivity contribution >= 4 is 44.1 Å². The first kappa shape index (κ1) is 10.3. The van der Waals surface area contributed by atoms with Gasteiger partial charge in [0.15, 0.2) is 0 Å². The highest BCUT2D eigenvalue weighted by atomic mass is 79.9. The molecule has 0 saturated heterocycles. The molecule has 0 bridgehead atoms. The second-order valence-corrected chi connectivity index (χ2v) is 4.08. The molecule has 2 rings (SSSR count). The van der Waals surface area contributed by atoms with Crippen molar-refractivity contribution in [2.24, 2.45) is 0 Å². The van der Waals surface area contributed by atoms with Gasteiger partial charge >= 0.3 is 0 Å². The van der Waals surface area contributed by atoms with Crippen molar-refractivity contribution in [2.45, 2.75) is 0 Å². The van der Waals surface area contributed by atoms with Gasteiger partial charge < -0.3 is 0 Å². The maximum Gasteiger partial charge on any atom is 0.288 e. The molecular formula is C9H4BrClN2O2. The molecule has 0 aliphatic carbocycles. The fourth-order valence-corrected chi connectivity index (χ4v) is 1.85. The topological polar surface area (TPSA) is 56.0 Å². The average Bonchev–Trinajstić information content (AvgIpc) is 2.23. The van der Waals surface area contributed by atoms with Crippen LogP contribution in [0.1, 0.15) is 0 Å². The number of nitrogens with zero attached hydrogens (tertiary/aromatic N) is 2. The van der Waals surface area contributed by atoms with E-state index in [4.69, 9.17) is 11.6 Å². The van der Waals surface area contributed by atoms with Gasteiger partial charge in [-0.1, -0.05) is 17.7 Å². The molecule has 0 N–H and O–H groups in total. The van der Waals surface area contributed by atoms with Crippen molar-refractivity contribution in [2.75, 3.05) is 0 Å². The van der Waals surface area contributed by atoms with Gasteiger partial charge in [-0.2, -0.15) is 0 Å². The minimum Gasteiger partial charge on any atom is -0.258 e. The molecule has 0 spiro atoms. The number of rotatable bonds is 1. The largest absolute Gasteiger partial charge is 0.288 e. The summed E-state index contributed by atoms with van der Waals surface area (Å²) in [4.78, 5) is 14.0. The summed E-state index contributed by atoms with van der Waals surface area (Å²) in [6.45, 7) is 0. The summed E-state index contributed by atoms with van der Waals surface area (Å²) < 4.78 is 0.650. The van der Waals surface area contributed by atoms with Crippen LogP contribution < -0.4 is 0 Å². The third-order valence-corrected chi connectivity index (χ3v) is 3.29. The lowest BCUT2D eigenvalue weighted by Gasteiger charge is -2.01. The molecule has 1 aromatic heterocycles. The van der Waals surface area contributed by atoms with Crippen LogP contribution in [0.15, 0.2) is 28.9 Å². The molecule has 15 heavy (non-hydrogen) atoms. The fraction of sp³-hybridized carbons (Fsp3) is 0. The highest BCUT2D eigenvalue weighted by Crippen LogP contribution is 2.30. The molecule has 0 aliphatic rings. The van der Waals surface area contributed by atoms with Gasteiger partial charge in [0.1, 0.15) is 6.20 Å². The van der Waals surface area contributed by atoms with Crippen molar-refractivity contribution in [1.29, 1.82) is 0 Å². The van der Waals surface area contributed by atoms with Gasteiger partial charge in [0.25, 0.3) is 5.69 Å². The molecule has 0 saturated carbocycles. The zero-order valence-electron chi connectivity index (χ0n) is 7.28. The second-order valence-electron chi connectivity index (χ2n) is 2.88. The van der Waals surface area contributed by atoms with Crippen molar-refractivity contribution < 1.29 is 4.92 Å². The number of benzene rings is 1. The minimum atomic E-state index is -0.477. The Bertz CT molecular complexity index is 559. The van der Waals surface area contributed by atoms with E-state index in [0.717, 1.165) is 0 Å². The highest BCUT2D eigenvalue weighted by molar-refractivity contribution is 9.10. The molecule has 6 heteroatoms. The lowest BCUT2D eigenvalue weighted by molar-refractivity contribution is -0.385. The minimum absolute atomic E-state index is 0.0308. The third kappa shape index (κ3) is 1.80. The molecule has 0 atom stereocenters. The monoisotopic (exact) mass is 286 g/mol. The summed E-state index contributed by atoms with van der Waals surface area (Å²) in [6.07, 6.45) is 1.21. The predicted octanol–water partition coefficient (Wildman–Crippen LogP) is 3.56. The smallest absolute Gasteiger partial charge is 0.258 e. The van der Waals surface area contributed by atoms with Crippen LogP contribution in [-0.2, 0) is 0 Å². The second kappa shape index (κ2) is 3.75. The van der Waals surface area contributed by atoms with E-state index in [1.165, 1.54) is 12.3 Å². The maximum absolute atomic E-state index is 10.5. The summed E-state index contributed by atoms with van der Waals surface area (Å²) in [5.74, 6) is 0. The van der Waals surface area contributed by atoms with Crippen LogP contribution in [0, 0.1) is 10.1 Å². The molecule has 76 valence electrons. The zero-order chi connectivity index (χ0) is 11.0. The standard InChI is InChI=1S/C9H4BrClN2O2/c10-8-7(11)2-1-5-3-6(13(14)15)4-12-9(5)8/h1-4H. The number of halogens is 2. The number of aromatic nitrogens is 1. The quantitative estimate of drug-likeness (QED) is 0.595. The molecule has 4 nitrogen and oxygen atoms in total.